The molecule has 1 aliphatic rings. The molecule has 7 heteroatoms. The summed E-state index contributed by atoms with van der Waals surface area (Å²) < 4.78 is 6.20. The molecule has 1 saturated heterocycles. The van der Waals surface area contributed by atoms with Gasteiger partial charge < -0.3 is 14.5 Å². The van der Waals surface area contributed by atoms with Gasteiger partial charge in [-0.2, -0.15) is 0 Å². The number of para-hydroxylation sites is 1. The number of methoxy groups -OCH3 is 1. The van der Waals surface area contributed by atoms with Crippen LogP contribution in [0.25, 0.3) is 10.2 Å². The van der Waals surface area contributed by atoms with Crippen LogP contribution in [0.4, 0.5) is 9.93 Å². The van der Waals surface area contributed by atoms with E-state index in [4.69, 9.17) is 4.74 Å². The van der Waals surface area contributed by atoms with E-state index in [1.807, 2.05) is 29.2 Å². The summed E-state index contributed by atoms with van der Waals surface area (Å²) in [6.45, 7) is 5.31. The van der Waals surface area contributed by atoms with E-state index >= 15 is 0 Å². The second-order valence-electron chi connectivity index (χ2n) is 5.95. The third kappa shape index (κ3) is 4.43. The highest BCUT2D eigenvalue weighted by atomic mass is 32.1. The molecule has 0 aliphatic carbocycles. The van der Waals surface area contributed by atoms with E-state index in [0.717, 1.165) is 62.4 Å². The van der Waals surface area contributed by atoms with Crippen molar-refractivity contribution in [2.75, 3.05) is 51.8 Å². The lowest BCUT2D eigenvalue weighted by molar-refractivity contribution is 0.172. The molecule has 24 heavy (non-hydrogen) atoms. The highest BCUT2D eigenvalue weighted by Gasteiger charge is 2.19. The molecule has 2 heterocycles. The molecule has 0 unspecified atom stereocenters. The topological polar surface area (TPSA) is 57.7 Å². The van der Waals surface area contributed by atoms with Crippen molar-refractivity contribution < 1.29 is 9.53 Å². The van der Waals surface area contributed by atoms with Crippen LogP contribution in [-0.2, 0) is 4.74 Å². The predicted molar refractivity (Wildman–Crippen MR) is 97.8 cm³/mol. The fourth-order valence-electron chi connectivity index (χ4n) is 2.93. The maximum atomic E-state index is 12.5. The van der Waals surface area contributed by atoms with Gasteiger partial charge in [0.05, 0.1) is 10.2 Å². The van der Waals surface area contributed by atoms with Gasteiger partial charge in [0.15, 0.2) is 5.13 Å². The molecule has 3 rings (SSSR count). The molecule has 0 saturated carbocycles. The zero-order chi connectivity index (χ0) is 16.8. The number of thiazole rings is 1. The number of anilines is 1. The average Bonchev–Trinajstić information content (AvgIpc) is 2.83. The number of ether oxygens (including phenoxy) is 1. The van der Waals surface area contributed by atoms with Crippen molar-refractivity contribution in [2.24, 2.45) is 0 Å². The Morgan fingerprint density at radius 1 is 1.29 bits per heavy atom. The van der Waals surface area contributed by atoms with E-state index in [2.05, 4.69) is 15.2 Å². The van der Waals surface area contributed by atoms with Gasteiger partial charge >= 0.3 is 6.03 Å². The summed E-state index contributed by atoms with van der Waals surface area (Å²) in [6, 6.07) is 7.88. The number of urea groups is 1. The van der Waals surface area contributed by atoms with Gasteiger partial charge in [0.25, 0.3) is 0 Å². The highest BCUT2D eigenvalue weighted by molar-refractivity contribution is 7.22. The lowest BCUT2D eigenvalue weighted by atomic mass is 10.3. The predicted octanol–water partition coefficient (Wildman–Crippen LogP) is 2.87. The maximum absolute atomic E-state index is 12.5. The number of amides is 2. The number of nitrogens with zero attached hydrogens (tertiary/aromatic N) is 3. The van der Waals surface area contributed by atoms with Gasteiger partial charge in [-0.05, 0) is 31.5 Å². The van der Waals surface area contributed by atoms with Gasteiger partial charge in [-0.15, -0.1) is 0 Å². The summed E-state index contributed by atoms with van der Waals surface area (Å²) in [7, 11) is 1.73. The lowest BCUT2D eigenvalue weighted by Gasteiger charge is -2.21. The number of carbonyl (C=O) groups is 1. The van der Waals surface area contributed by atoms with Gasteiger partial charge in [0, 0.05) is 39.9 Å². The molecule has 0 atom stereocenters. The van der Waals surface area contributed by atoms with E-state index in [0.29, 0.717) is 5.13 Å². The van der Waals surface area contributed by atoms with Crippen LogP contribution in [0.5, 0.6) is 0 Å². The van der Waals surface area contributed by atoms with Crippen LogP contribution in [-0.4, -0.2) is 67.3 Å². The molecule has 130 valence electrons. The van der Waals surface area contributed by atoms with Crippen LogP contribution in [0, 0.1) is 0 Å². The Hall–Kier alpha value is -1.70. The first-order valence-corrected chi connectivity index (χ1v) is 9.21. The molecular weight excluding hydrogens is 324 g/mol. The molecule has 1 N–H and O–H groups in total. The molecule has 0 bridgehead atoms. The fourth-order valence-corrected chi connectivity index (χ4v) is 3.78. The van der Waals surface area contributed by atoms with Crippen molar-refractivity contribution in [1.82, 2.24) is 14.8 Å². The molecule has 1 aromatic heterocycles. The number of nitrogens with one attached hydrogen (secondary N) is 1. The number of fused-ring (bicyclic) bond motifs is 1. The first kappa shape index (κ1) is 17.1. The normalized spacial score (nSPS) is 16.3. The molecule has 0 spiro atoms. The number of carbonyl (C=O) groups excluding carboxylic acids is 1. The van der Waals surface area contributed by atoms with E-state index < -0.39 is 0 Å². The second kappa shape index (κ2) is 8.41. The number of benzene rings is 1. The van der Waals surface area contributed by atoms with Crippen LogP contribution < -0.4 is 5.32 Å². The van der Waals surface area contributed by atoms with Gasteiger partial charge in [0.2, 0.25) is 0 Å². The Bertz CT molecular complexity index is 642. The van der Waals surface area contributed by atoms with Gasteiger partial charge in [-0.3, -0.25) is 5.32 Å². The summed E-state index contributed by atoms with van der Waals surface area (Å²) in [5.74, 6) is 0. The number of hydrogen-bond donors (Lipinski definition) is 1. The Kier molecular flexibility index (Phi) is 6.01. The Balaban J connectivity index is 1.53. The molecule has 6 nitrogen and oxygen atoms in total. The maximum Gasteiger partial charge on any atom is 0.323 e. The van der Waals surface area contributed by atoms with Gasteiger partial charge in [0.1, 0.15) is 0 Å². The summed E-state index contributed by atoms with van der Waals surface area (Å²) in [5, 5.41) is 3.62. The lowest BCUT2D eigenvalue weighted by Crippen LogP contribution is -2.38. The van der Waals surface area contributed by atoms with Crippen LogP contribution in [0.3, 0.4) is 0 Å². The molecule has 1 aliphatic heterocycles. The largest absolute Gasteiger partial charge is 0.385 e. The quantitative estimate of drug-likeness (QED) is 0.844. The number of rotatable bonds is 5. The minimum atomic E-state index is -0.0483. The van der Waals surface area contributed by atoms with E-state index in [1.54, 1.807) is 7.11 Å². The van der Waals surface area contributed by atoms with Gasteiger partial charge in [-0.1, -0.05) is 23.5 Å². The number of aromatic nitrogens is 1. The molecule has 2 amide bonds. The smallest absolute Gasteiger partial charge is 0.323 e. The number of hydrogen-bond acceptors (Lipinski definition) is 5. The Labute approximate surface area is 146 Å². The van der Waals surface area contributed by atoms with Crippen molar-refractivity contribution in [3.05, 3.63) is 24.3 Å². The first-order chi connectivity index (χ1) is 11.8. The van der Waals surface area contributed by atoms with Crippen molar-refractivity contribution in [3.8, 4) is 0 Å². The fraction of sp³-hybridized carbons (Fsp3) is 0.529. The van der Waals surface area contributed by atoms with Crippen molar-refractivity contribution in [3.63, 3.8) is 0 Å². The SMILES string of the molecule is COCCCN1CCCN(C(=O)Nc2nc3ccccc3s2)CC1. The van der Waals surface area contributed by atoms with E-state index in [-0.39, 0.29) is 6.03 Å². The average molecular weight is 348 g/mol. The zero-order valence-electron chi connectivity index (χ0n) is 14.0. The van der Waals surface area contributed by atoms with Crippen molar-refractivity contribution >= 4 is 32.7 Å². The van der Waals surface area contributed by atoms with E-state index in [9.17, 15) is 4.79 Å². The Morgan fingerprint density at radius 2 is 2.17 bits per heavy atom. The third-order valence-corrected chi connectivity index (χ3v) is 5.16. The van der Waals surface area contributed by atoms with Crippen LogP contribution in [0.15, 0.2) is 24.3 Å². The monoisotopic (exact) mass is 348 g/mol. The minimum Gasteiger partial charge on any atom is -0.385 e. The molecule has 0 radical (unpaired) electrons. The Morgan fingerprint density at radius 3 is 3.00 bits per heavy atom. The summed E-state index contributed by atoms with van der Waals surface area (Å²) in [4.78, 5) is 21.3. The standard InChI is InChI=1S/C17H24N4O2S/c1-23-13-5-9-20-8-4-10-21(12-11-20)17(22)19-16-18-14-6-2-3-7-15(14)24-16/h2-3,6-7H,4-5,8-13H2,1H3,(H,18,19,22). The highest BCUT2D eigenvalue weighted by Crippen LogP contribution is 2.25. The molecule has 1 aromatic carbocycles. The van der Waals surface area contributed by atoms with Crippen LogP contribution >= 0.6 is 11.3 Å². The minimum absolute atomic E-state index is 0.0483. The van der Waals surface area contributed by atoms with Crippen molar-refractivity contribution in [2.45, 2.75) is 12.8 Å². The van der Waals surface area contributed by atoms with E-state index in [1.165, 1.54) is 11.3 Å². The second-order valence-corrected chi connectivity index (χ2v) is 6.98. The molecule has 2 aromatic rings. The van der Waals surface area contributed by atoms with Gasteiger partial charge in [-0.25, -0.2) is 9.78 Å². The summed E-state index contributed by atoms with van der Waals surface area (Å²) in [6.07, 6.45) is 2.04. The third-order valence-electron chi connectivity index (χ3n) is 4.21. The van der Waals surface area contributed by atoms with Crippen LogP contribution in [0.2, 0.25) is 0 Å². The molecular formula is C17H24N4O2S. The zero-order valence-corrected chi connectivity index (χ0v) is 14.8. The van der Waals surface area contributed by atoms with Crippen molar-refractivity contribution in [1.29, 1.82) is 0 Å². The summed E-state index contributed by atoms with van der Waals surface area (Å²) in [5.41, 5.74) is 0.929. The van der Waals surface area contributed by atoms with Crippen LogP contribution in [0.1, 0.15) is 12.8 Å². The first-order valence-electron chi connectivity index (χ1n) is 8.39. The summed E-state index contributed by atoms with van der Waals surface area (Å²) >= 11 is 1.51. The molecule has 1 fully saturated rings.